The van der Waals surface area contributed by atoms with Gasteiger partial charge in [-0.05, 0) is 34.5 Å². The summed E-state index contributed by atoms with van der Waals surface area (Å²) in [5, 5.41) is 10.2. The quantitative estimate of drug-likeness (QED) is 0.831. The molecule has 0 saturated carbocycles. The zero-order valence-electron chi connectivity index (χ0n) is 7.50. The van der Waals surface area contributed by atoms with Gasteiger partial charge in [0.2, 0.25) is 0 Å². The third kappa shape index (κ3) is 2.50. The summed E-state index contributed by atoms with van der Waals surface area (Å²) in [5.74, 6) is 0.142. The summed E-state index contributed by atoms with van der Waals surface area (Å²) < 4.78 is 0.555. The van der Waals surface area contributed by atoms with Crippen LogP contribution in [0, 0.1) is 0 Å². The highest BCUT2D eigenvalue weighted by molar-refractivity contribution is 9.10. The summed E-state index contributed by atoms with van der Waals surface area (Å²) in [6, 6.07) is 3.01. The van der Waals surface area contributed by atoms with Crippen molar-refractivity contribution in [2.75, 3.05) is 0 Å². The van der Waals surface area contributed by atoms with Gasteiger partial charge >= 0.3 is 0 Å². The van der Waals surface area contributed by atoms with Crippen molar-refractivity contribution in [3.05, 3.63) is 39.8 Å². The summed E-state index contributed by atoms with van der Waals surface area (Å²) in [7, 11) is 0. The van der Waals surface area contributed by atoms with Crippen LogP contribution in [0.4, 0.5) is 0 Å². The van der Waals surface area contributed by atoms with E-state index in [-0.39, 0.29) is 11.8 Å². The van der Waals surface area contributed by atoms with Gasteiger partial charge in [-0.2, -0.15) is 0 Å². The van der Waals surface area contributed by atoms with Gasteiger partial charge in [0.1, 0.15) is 5.75 Å². The van der Waals surface area contributed by atoms with Crippen molar-refractivity contribution in [3.8, 4) is 5.75 Å². The lowest BCUT2D eigenvalue weighted by atomic mass is 10.0. The number of hydrogen-bond donors (Lipinski definition) is 2. The normalized spacial score (nSPS) is 12.5. The average molecular weight is 277 g/mol. The predicted octanol–water partition coefficient (Wildman–Crippen LogP) is 3.38. The number of hydrogen-bond acceptors (Lipinski definition) is 2. The van der Waals surface area contributed by atoms with E-state index in [2.05, 4.69) is 22.5 Å². The molecule has 0 aliphatic rings. The van der Waals surface area contributed by atoms with Gasteiger partial charge in [0.15, 0.2) is 0 Å². The van der Waals surface area contributed by atoms with Gasteiger partial charge in [0.05, 0.1) is 4.47 Å². The highest BCUT2D eigenvalue weighted by Gasteiger charge is 2.13. The topological polar surface area (TPSA) is 46.2 Å². The smallest absolute Gasteiger partial charge is 0.134 e. The predicted molar refractivity (Wildman–Crippen MR) is 62.6 cm³/mol. The summed E-state index contributed by atoms with van der Waals surface area (Å²) >= 11 is 9.04. The van der Waals surface area contributed by atoms with E-state index >= 15 is 0 Å². The van der Waals surface area contributed by atoms with Crippen LogP contribution in [0.5, 0.6) is 5.75 Å². The number of aromatic hydroxyl groups is 1. The zero-order valence-corrected chi connectivity index (χ0v) is 9.85. The Morgan fingerprint density at radius 1 is 1.64 bits per heavy atom. The van der Waals surface area contributed by atoms with E-state index in [9.17, 15) is 5.11 Å². The number of phenolic OH excluding ortho intramolecular Hbond substituents is 1. The van der Waals surface area contributed by atoms with E-state index in [0.29, 0.717) is 21.5 Å². The Bertz CT molecular complexity index is 354. The molecule has 1 rings (SSSR count). The van der Waals surface area contributed by atoms with Gasteiger partial charge < -0.3 is 10.8 Å². The molecule has 3 N–H and O–H groups in total. The second kappa shape index (κ2) is 4.82. The Labute approximate surface area is 96.5 Å². The first-order chi connectivity index (χ1) is 6.56. The van der Waals surface area contributed by atoms with Crippen LogP contribution in [0.1, 0.15) is 18.0 Å². The van der Waals surface area contributed by atoms with Gasteiger partial charge in [0.25, 0.3) is 0 Å². The lowest BCUT2D eigenvalue weighted by Gasteiger charge is -2.13. The highest BCUT2D eigenvalue weighted by Crippen LogP contribution is 2.35. The van der Waals surface area contributed by atoms with Crippen LogP contribution >= 0.6 is 27.5 Å². The van der Waals surface area contributed by atoms with Crippen LogP contribution < -0.4 is 5.73 Å². The maximum atomic E-state index is 9.70. The Balaban J connectivity index is 3.12. The number of halogens is 2. The SMILES string of the molecule is C=CC[C@@H](N)c1cc(Cl)cc(Br)c1O. The van der Waals surface area contributed by atoms with Crippen molar-refractivity contribution in [1.29, 1.82) is 0 Å². The molecule has 1 atom stereocenters. The van der Waals surface area contributed by atoms with Gasteiger partial charge in [-0.1, -0.05) is 17.7 Å². The first kappa shape index (κ1) is 11.6. The van der Waals surface area contributed by atoms with Gasteiger partial charge in [0, 0.05) is 16.6 Å². The van der Waals surface area contributed by atoms with Gasteiger partial charge in [-0.25, -0.2) is 0 Å². The molecule has 0 saturated heterocycles. The second-order valence-corrected chi connectivity index (χ2v) is 4.25. The lowest BCUT2D eigenvalue weighted by Crippen LogP contribution is -2.09. The first-order valence-electron chi connectivity index (χ1n) is 4.10. The molecule has 0 heterocycles. The molecule has 2 nitrogen and oxygen atoms in total. The van der Waals surface area contributed by atoms with Gasteiger partial charge in [-0.15, -0.1) is 6.58 Å². The van der Waals surface area contributed by atoms with E-state index in [1.807, 2.05) is 0 Å². The van der Waals surface area contributed by atoms with Gasteiger partial charge in [-0.3, -0.25) is 0 Å². The summed E-state index contributed by atoms with van der Waals surface area (Å²) in [6.45, 7) is 3.59. The fourth-order valence-corrected chi connectivity index (χ4v) is 2.01. The minimum absolute atomic E-state index is 0.142. The van der Waals surface area contributed by atoms with Crippen LogP contribution in [-0.2, 0) is 0 Å². The molecule has 1 aromatic rings. The van der Waals surface area contributed by atoms with Crippen molar-refractivity contribution >= 4 is 27.5 Å². The molecule has 0 radical (unpaired) electrons. The van der Waals surface area contributed by atoms with Crippen LogP contribution in [0.3, 0.4) is 0 Å². The van der Waals surface area contributed by atoms with Crippen molar-refractivity contribution < 1.29 is 5.11 Å². The molecular formula is C10H11BrClNO. The van der Waals surface area contributed by atoms with Crippen molar-refractivity contribution in [2.24, 2.45) is 5.73 Å². The number of nitrogens with two attached hydrogens (primary N) is 1. The van der Waals surface area contributed by atoms with Crippen LogP contribution in [0.15, 0.2) is 29.3 Å². The summed E-state index contributed by atoms with van der Waals surface area (Å²) in [6.07, 6.45) is 2.30. The Morgan fingerprint density at radius 2 is 2.29 bits per heavy atom. The Hall–Kier alpha value is -0.510. The molecule has 0 spiro atoms. The molecule has 14 heavy (non-hydrogen) atoms. The lowest BCUT2D eigenvalue weighted by molar-refractivity contribution is 0.458. The molecule has 76 valence electrons. The molecule has 0 bridgehead atoms. The van der Waals surface area contributed by atoms with Crippen molar-refractivity contribution in [3.63, 3.8) is 0 Å². The third-order valence-electron chi connectivity index (χ3n) is 1.88. The highest BCUT2D eigenvalue weighted by atomic mass is 79.9. The standard InChI is InChI=1S/C10H11BrClNO/c1-2-3-9(13)7-4-6(12)5-8(11)10(7)14/h2,4-5,9,14H,1,3,13H2/t9-/m1/s1. The van der Waals surface area contributed by atoms with Crippen LogP contribution in [0.2, 0.25) is 5.02 Å². The molecule has 0 aromatic heterocycles. The van der Waals surface area contributed by atoms with Crippen LogP contribution in [0.25, 0.3) is 0 Å². The van der Waals surface area contributed by atoms with Crippen molar-refractivity contribution in [2.45, 2.75) is 12.5 Å². The van der Waals surface area contributed by atoms with E-state index in [4.69, 9.17) is 17.3 Å². The van der Waals surface area contributed by atoms with E-state index in [1.165, 1.54) is 0 Å². The van der Waals surface area contributed by atoms with E-state index in [0.717, 1.165) is 0 Å². The fraction of sp³-hybridized carbons (Fsp3) is 0.200. The number of rotatable bonds is 3. The summed E-state index contributed by atoms with van der Waals surface area (Å²) in [5.41, 5.74) is 6.46. The average Bonchev–Trinajstić information content (AvgIpc) is 2.11. The molecule has 0 amide bonds. The van der Waals surface area contributed by atoms with Crippen LogP contribution in [-0.4, -0.2) is 5.11 Å². The third-order valence-corrected chi connectivity index (χ3v) is 2.70. The zero-order chi connectivity index (χ0) is 10.7. The molecule has 4 heteroatoms. The van der Waals surface area contributed by atoms with Crippen molar-refractivity contribution in [1.82, 2.24) is 0 Å². The molecule has 0 unspecified atom stereocenters. The number of benzene rings is 1. The largest absolute Gasteiger partial charge is 0.506 e. The monoisotopic (exact) mass is 275 g/mol. The molecule has 1 aromatic carbocycles. The molecule has 0 aliphatic heterocycles. The molecule has 0 fully saturated rings. The second-order valence-electron chi connectivity index (χ2n) is 2.96. The summed E-state index contributed by atoms with van der Waals surface area (Å²) in [4.78, 5) is 0. The van der Waals surface area contributed by atoms with E-state index < -0.39 is 0 Å². The molecular weight excluding hydrogens is 265 g/mol. The maximum absolute atomic E-state index is 9.70. The van der Waals surface area contributed by atoms with E-state index in [1.54, 1.807) is 18.2 Å². The number of phenols is 1. The Kier molecular flexibility index (Phi) is 3.98. The minimum atomic E-state index is -0.275. The minimum Gasteiger partial charge on any atom is -0.506 e. The Morgan fingerprint density at radius 3 is 2.86 bits per heavy atom. The first-order valence-corrected chi connectivity index (χ1v) is 5.27. The fourth-order valence-electron chi connectivity index (χ4n) is 1.18. The molecule has 0 aliphatic carbocycles. The maximum Gasteiger partial charge on any atom is 0.134 e.